The number of fused-ring (bicyclic) bond motifs is 1. The molecule has 1 atom stereocenters. The van der Waals surface area contributed by atoms with Crippen molar-refractivity contribution in [2.75, 3.05) is 30.0 Å². The summed E-state index contributed by atoms with van der Waals surface area (Å²) in [6, 6.07) is 7.78. The van der Waals surface area contributed by atoms with Crippen molar-refractivity contribution in [1.82, 2.24) is 0 Å². The predicted molar refractivity (Wildman–Crippen MR) is 72.6 cm³/mol. The van der Waals surface area contributed by atoms with E-state index < -0.39 is 15.9 Å². The summed E-state index contributed by atoms with van der Waals surface area (Å²) in [5.74, 6) is 0.216. The predicted octanol–water partition coefficient (Wildman–Crippen LogP) is 1.36. The molecule has 100 valence electrons. The van der Waals surface area contributed by atoms with Gasteiger partial charge in [-0.15, -0.1) is 0 Å². The Morgan fingerprint density at radius 2 is 2.11 bits per heavy atom. The molecule has 0 fully saturated rings. The van der Waals surface area contributed by atoms with Gasteiger partial charge < -0.3 is 10.0 Å². The highest BCUT2D eigenvalue weighted by Crippen LogP contribution is 2.33. The van der Waals surface area contributed by atoms with Crippen LogP contribution in [-0.2, 0) is 9.84 Å². The number of para-hydroxylation sites is 1. The van der Waals surface area contributed by atoms with Crippen molar-refractivity contribution in [3.8, 4) is 0 Å². The van der Waals surface area contributed by atoms with E-state index in [0.29, 0.717) is 12.8 Å². The molecule has 0 spiro atoms. The number of aliphatic hydroxyl groups is 1. The molecule has 5 heteroatoms. The Bertz CT molecular complexity index is 513. The molecule has 0 saturated carbocycles. The Balaban J connectivity index is 2.05. The van der Waals surface area contributed by atoms with Crippen molar-refractivity contribution in [2.45, 2.75) is 18.9 Å². The fourth-order valence-corrected chi connectivity index (χ4v) is 3.01. The lowest BCUT2D eigenvalue weighted by Gasteiger charge is -2.33. The third kappa shape index (κ3) is 3.23. The van der Waals surface area contributed by atoms with Gasteiger partial charge in [0.25, 0.3) is 0 Å². The van der Waals surface area contributed by atoms with E-state index in [1.807, 2.05) is 24.3 Å². The first-order chi connectivity index (χ1) is 8.47. The zero-order chi connectivity index (χ0) is 13.2. The molecule has 0 aliphatic carbocycles. The van der Waals surface area contributed by atoms with Crippen molar-refractivity contribution < 1.29 is 13.5 Å². The molecule has 0 aromatic heterocycles. The smallest absolute Gasteiger partial charge is 0.147 e. The summed E-state index contributed by atoms with van der Waals surface area (Å²) in [7, 11) is -2.89. The second-order valence-corrected chi connectivity index (χ2v) is 7.09. The Hall–Kier alpha value is -1.07. The number of sulfone groups is 1. The van der Waals surface area contributed by atoms with E-state index in [0.717, 1.165) is 24.3 Å². The second-order valence-electron chi connectivity index (χ2n) is 4.83. The van der Waals surface area contributed by atoms with E-state index in [4.69, 9.17) is 0 Å². The molecule has 1 unspecified atom stereocenters. The van der Waals surface area contributed by atoms with E-state index in [-0.39, 0.29) is 5.75 Å². The summed E-state index contributed by atoms with van der Waals surface area (Å²) >= 11 is 0. The van der Waals surface area contributed by atoms with Gasteiger partial charge in [0.2, 0.25) is 0 Å². The molecule has 0 amide bonds. The Morgan fingerprint density at radius 3 is 2.83 bits per heavy atom. The molecule has 2 rings (SSSR count). The van der Waals surface area contributed by atoms with Crippen molar-refractivity contribution in [3.63, 3.8) is 0 Å². The van der Waals surface area contributed by atoms with E-state index in [2.05, 4.69) is 4.90 Å². The van der Waals surface area contributed by atoms with Crippen molar-refractivity contribution >= 4 is 15.5 Å². The molecule has 0 saturated heterocycles. The minimum Gasteiger partial charge on any atom is -0.388 e. The van der Waals surface area contributed by atoms with Crippen molar-refractivity contribution in [2.24, 2.45) is 0 Å². The maximum atomic E-state index is 11.1. The van der Waals surface area contributed by atoms with Gasteiger partial charge in [0.05, 0.1) is 11.9 Å². The number of rotatable bonds is 4. The molecule has 1 aliphatic rings. The van der Waals surface area contributed by atoms with Crippen LogP contribution in [0, 0.1) is 0 Å². The van der Waals surface area contributed by atoms with E-state index >= 15 is 0 Å². The monoisotopic (exact) mass is 269 g/mol. The Morgan fingerprint density at radius 1 is 1.39 bits per heavy atom. The minimum atomic E-state index is -2.89. The Kier molecular flexibility index (Phi) is 3.92. The van der Waals surface area contributed by atoms with Crippen LogP contribution in [0.5, 0.6) is 0 Å². The lowest BCUT2D eigenvalue weighted by atomic mass is 9.99. The number of hydrogen-bond donors (Lipinski definition) is 1. The maximum absolute atomic E-state index is 11.1. The summed E-state index contributed by atoms with van der Waals surface area (Å²) in [5.41, 5.74) is 1.98. The minimum absolute atomic E-state index is 0.216. The van der Waals surface area contributed by atoms with Crippen molar-refractivity contribution in [1.29, 1.82) is 0 Å². The molecule has 1 aromatic carbocycles. The summed E-state index contributed by atoms with van der Waals surface area (Å²) < 4.78 is 22.2. The summed E-state index contributed by atoms with van der Waals surface area (Å²) in [6.45, 7) is 1.50. The van der Waals surface area contributed by atoms with Gasteiger partial charge in [-0.25, -0.2) is 8.42 Å². The van der Waals surface area contributed by atoms with Gasteiger partial charge in [-0.3, -0.25) is 0 Å². The van der Waals surface area contributed by atoms with Crippen LogP contribution in [0.1, 0.15) is 24.5 Å². The van der Waals surface area contributed by atoms with Gasteiger partial charge in [-0.1, -0.05) is 18.2 Å². The quantitative estimate of drug-likeness (QED) is 0.897. The zero-order valence-electron chi connectivity index (χ0n) is 10.5. The molecular weight excluding hydrogens is 250 g/mol. The molecule has 1 heterocycles. The van der Waals surface area contributed by atoms with E-state index in [9.17, 15) is 13.5 Å². The van der Waals surface area contributed by atoms with Gasteiger partial charge in [0, 0.05) is 30.6 Å². The molecule has 0 bridgehead atoms. The standard InChI is InChI=1S/C13H19NO3S/c1-18(16,17)10-4-8-14-9-7-13(15)11-5-2-3-6-12(11)14/h2-3,5-6,13,15H,4,7-10H2,1H3. The average molecular weight is 269 g/mol. The fraction of sp³-hybridized carbons (Fsp3) is 0.538. The van der Waals surface area contributed by atoms with Crippen molar-refractivity contribution in [3.05, 3.63) is 29.8 Å². The van der Waals surface area contributed by atoms with Gasteiger partial charge in [0.15, 0.2) is 0 Å². The van der Waals surface area contributed by atoms with Crippen LogP contribution in [0.25, 0.3) is 0 Å². The van der Waals surface area contributed by atoms with Gasteiger partial charge >= 0.3 is 0 Å². The number of anilines is 1. The van der Waals surface area contributed by atoms with Crippen LogP contribution in [0.3, 0.4) is 0 Å². The van der Waals surface area contributed by atoms with Crippen LogP contribution in [0.15, 0.2) is 24.3 Å². The Labute approximate surface area is 108 Å². The highest BCUT2D eigenvalue weighted by Gasteiger charge is 2.22. The third-order valence-electron chi connectivity index (χ3n) is 3.25. The summed E-state index contributed by atoms with van der Waals surface area (Å²) in [4.78, 5) is 2.16. The molecule has 1 aromatic rings. The van der Waals surface area contributed by atoms with E-state index in [1.165, 1.54) is 6.26 Å². The lowest BCUT2D eigenvalue weighted by Crippen LogP contribution is -2.32. The zero-order valence-corrected chi connectivity index (χ0v) is 11.4. The van der Waals surface area contributed by atoms with Crippen LogP contribution < -0.4 is 4.90 Å². The van der Waals surface area contributed by atoms with Crippen LogP contribution in [0.2, 0.25) is 0 Å². The fourth-order valence-electron chi connectivity index (χ4n) is 2.36. The highest BCUT2D eigenvalue weighted by molar-refractivity contribution is 7.90. The number of hydrogen-bond acceptors (Lipinski definition) is 4. The average Bonchev–Trinajstić information content (AvgIpc) is 2.31. The molecule has 1 aliphatic heterocycles. The molecular formula is C13H19NO3S. The third-order valence-corrected chi connectivity index (χ3v) is 4.28. The lowest BCUT2D eigenvalue weighted by molar-refractivity contribution is 0.164. The molecule has 1 N–H and O–H groups in total. The number of nitrogens with zero attached hydrogens (tertiary/aromatic N) is 1. The first-order valence-electron chi connectivity index (χ1n) is 6.17. The largest absolute Gasteiger partial charge is 0.388 e. The second kappa shape index (κ2) is 5.28. The van der Waals surface area contributed by atoms with Gasteiger partial charge in [-0.05, 0) is 18.9 Å². The van der Waals surface area contributed by atoms with Crippen LogP contribution in [0.4, 0.5) is 5.69 Å². The molecule has 18 heavy (non-hydrogen) atoms. The summed E-state index contributed by atoms with van der Waals surface area (Å²) in [5, 5.41) is 9.91. The number of aliphatic hydroxyl groups excluding tert-OH is 1. The SMILES string of the molecule is CS(=O)(=O)CCCN1CCC(O)c2ccccc21. The first kappa shape index (κ1) is 13.4. The van der Waals surface area contributed by atoms with E-state index in [1.54, 1.807) is 0 Å². The molecule has 4 nitrogen and oxygen atoms in total. The topological polar surface area (TPSA) is 57.6 Å². The van der Waals surface area contributed by atoms with Gasteiger partial charge in [0.1, 0.15) is 9.84 Å². The van der Waals surface area contributed by atoms with Crippen LogP contribution >= 0.6 is 0 Å². The van der Waals surface area contributed by atoms with Crippen LogP contribution in [-0.4, -0.2) is 38.6 Å². The summed E-state index contributed by atoms with van der Waals surface area (Å²) in [6.07, 6.45) is 2.20. The maximum Gasteiger partial charge on any atom is 0.147 e. The highest BCUT2D eigenvalue weighted by atomic mass is 32.2. The number of benzene rings is 1. The molecule has 0 radical (unpaired) electrons. The first-order valence-corrected chi connectivity index (χ1v) is 8.23. The van der Waals surface area contributed by atoms with Gasteiger partial charge in [-0.2, -0.15) is 0 Å². The normalized spacial score (nSPS) is 19.7.